The quantitative estimate of drug-likeness (QED) is 0.864. The fourth-order valence-electron chi connectivity index (χ4n) is 1.51. The minimum Gasteiger partial charge on any atom is -0.496 e. The van der Waals surface area contributed by atoms with Gasteiger partial charge in [0.15, 0.2) is 5.69 Å². The van der Waals surface area contributed by atoms with E-state index in [2.05, 4.69) is 9.72 Å². The van der Waals surface area contributed by atoms with Gasteiger partial charge in [-0.2, -0.15) is 13.2 Å². The number of carbonyl (C=O) groups is 1. The van der Waals surface area contributed by atoms with Crippen LogP contribution in [0.25, 0.3) is 0 Å². The summed E-state index contributed by atoms with van der Waals surface area (Å²) >= 11 is 0. The van der Waals surface area contributed by atoms with Crippen LogP contribution in [0.15, 0.2) is 6.20 Å². The first-order valence-electron chi connectivity index (χ1n) is 4.81. The third-order valence-corrected chi connectivity index (χ3v) is 2.17. The summed E-state index contributed by atoms with van der Waals surface area (Å²) in [5, 5.41) is 8.55. The van der Waals surface area contributed by atoms with Crippen LogP contribution in [0.2, 0.25) is 0 Å². The third-order valence-electron chi connectivity index (χ3n) is 2.17. The number of carboxylic acid groups (broad SMARTS) is 1. The number of pyridine rings is 1. The largest absolute Gasteiger partial charge is 0.496 e. The second kappa shape index (κ2) is 5.37. The summed E-state index contributed by atoms with van der Waals surface area (Å²) in [6.45, 7) is 0. The molecule has 0 saturated carbocycles. The zero-order chi connectivity index (χ0) is 14.8. The average molecular weight is 285 g/mol. The van der Waals surface area contributed by atoms with Crippen molar-refractivity contribution in [2.45, 2.75) is 19.0 Å². The van der Waals surface area contributed by atoms with Gasteiger partial charge in [-0.05, 0) is 0 Å². The summed E-state index contributed by atoms with van der Waals surface area (Å²) < 4.78 is 67.7. The van der Waals surface area contributed by atoms with Gasteiger partial charge < -0.3 is 9.84 Å². The Labute approximate surface area is 103 Å². The Bertz CT molecular complexity index is 487. The van der Waals surface area contributed by atoms with Crippen LogP contribution >= 0.6 is 0 Å². The average Bonchev–Trinajstić information content (AvgIpc) is 2.25. The predicted molar refractivity (Wildman–Crippen MR) is 52.1 cm³/mol. The minimum absolute atomic E-state index is 0.349. The molecule has 0 radical (unpaired) electrons. The lowest BCUT2D eigenvalue weighted by atomic mass is 10.1. The van der Waals surface area contributed by atoms with Crippen LogP contribution in [0.5, 0.6) is 5.75 Å². The Morgan fingerprint density at radius 2 is 2.05 bits per heavy atom. The van der Waals surface area contributed by atoms with E-state index in [0.717, 1.165) is 7.11 Å². The Morgan fingerprint density at radius 3 is 2.42 bits per heavy atom. The lowest BCUT2D eigenvalue weighted by molar-refractivity contribution is -0.143. The van der Waals surface area contributed by atoms with Crippen LogP contribution in [0, 0.1) is 0 Å². The van der Waals surface area contributed by atoms with Gasteiger partial charge in [-0.25, -0.2) is 8.78 Å². The van der Waals surface area contributed by atoms with Gasteiger partial charge in [-0.3, -0.25) is 9.78 Å². The first-order chi connectivity index (χ1) is 8.68. The molecule has 1 N–H and O–H groups in total. The van der Waals surface area contributed by atoms with Crippen molar-refractivity contribution in [1.29, 1.82) is 0 Å². The van der Waals surface area contributed by atoms with Crippen molar-refractivity contribution in [3.8, 4) is 5.75 Å². The molecule has 0 unspecified atom stereocenters. The molecule has 0 aliphatic rings. The van der Waals surface area contributed by atoms with Gasteiger partial charge in [0.25, 0.3) is 6.43 Å². The van der Waals surface area contributed by atoms with Crippen molar-refractivity contribution in [3.63, 3.8) is 0 Å². The molecule has 1 heterocycles. The number of hydrogen-bond acceptors (Lipinski definition) is 3. The van der Waals surface area contributed by atoms with Crippen molar-refractivity contribution in [3.05, 3.63) is 23.0 Å². The summed E-state index contributed by atoms with van der Waals surface area (Å²) in [4.78, 5) is 13.4. The molecule has 0 spiro atoms. The van der Waals surface area contributed by atoms with Crippen molar-refractivity contribution < 1.29 is 36.6 Å². The minimum atomic E-state index is -5.08. The number of rotatable bonds is 4. The number of aliphatic carboxylic acids is 1. The Balaban J connectivity index is 3.52. The van der Waals surface area contributed by atoms with E-state index in [4.69, 9.17) is 5.11 Å². The summed E-state index contributed by atoms with van der Waals surface area (Å²) in [6.07, 6.45) is -8.77. The van der Waals surface area contributed by atoms with Crippen molar-refractivity contribution >= 4 is 5.97 Å². The predicted octanol–water partition coefficient (Wildman–Crippen LogP) is 2.67. The number of aromatic nitrogens is 1. The van der Waals surface area contributed by atoms with Crippen molar-refractivity contribution in [2.24, 2.45) is 0 Å². The van der Waals surface area contributed by atoms with Crippen LogP contribution in [-0.4, -0.2) is 23.2 Å². The highest BCUT2D eigenvalue weighted by Crippen LogP contribution is 2.41. The molecule has 4 nitrogen and oxygen atoms in total. The van der Waals surface area contributed by atoms with E-state index in [1.54, 1.807) is 0 Å². The maximum atomic E-state index is 12.8. The van der Waals surface area contributed by atoms with Crippen LogP contribution in [0.1, 0.15) is 23.2 Å². The SMILES string of the molecule is COc1c(CC(=O)O)cnc(C(F)(F)F)c1C(F)F. The van der Waals surface area contributed by atoms with E-state index < -0.39 is 42.0 Å². The van der Waals surface area contributed by atoms with Crippen LogP contribution in [0.4, 0.5) is 22.0 Å². The maximum Gasteiger partial charge on any atom is 0.433 e. The monoisotopic (exact) mass is 285 g/mol. The standard InChI is InChI=1S/C10H8F5NO3/c1-19-7-4(2-5(17)18)3-16-8(10(13,14)15)6(7)9(11)12/h3,9H,2H2,1H3,(H,17,18). The zero-order valence-electron chi connectivity index (χ0n) is 9.46. The number of methoxy groups -OCH3 is 1. The molecule has 0 bridgehead atoms. The second-order valence-electron chi connectivity index (χ2n) is 3.45. The molecule has 0 saturated heterocycles. The van der Waals surface area contributed by atoms with Crippen molar-refractivity contribution in [1.82, 2.24) is 4.98 Å². The molecule has 1 aromatic rings. The number of halogens is 5. The molecular formula is C10H8F5NO3. The second-order valence-corrected chi connectivity index (χ2v) is 3.45. The van der Waals surface area contributed by atoms with Crippen LogP contribution < -0.4 is 4.74 Å². The van der Waals surface area contributed by atoms with Gasteiger partial charge in [0.2, 0.25) is 0 Å². The molecule has 1 rings (SSSR count). The van der Waals surface area contributed by atoms with E-state index in [0.29, 0.717) is 6.20 Å². The highest BCUT2D eigenvalue weighted by molar-refractivity contribution is 5.71. The number of ether oxygens (including phenoxy) is 1. The smallest absolute Gasteiger partial charge is 0.433 e. The molecule has 0 aliphatic heterocycles. The lowest BCUT2D eigenvalue weighted by Crippen LogP contribution is -2.15. The van der Waals surface area contributed by atoms with Gasteiger partial charge in [0, 0.05) is 11.8 Å². The lowest BCUT2D eigenvalue weighted by Gasteiger charge is -2.17. The number of carboxylic acids is 1. The fourth-order valence-corrected chi connectivity index (χ4v) is 1.51. The molecule has 106 valence electrons. The summed E-state index contributed by atoms with van der Waals surface area (Å²) in [7, 11) is 0.882. The van der Waals surface area contributed by atoms with E-state index in [1.807, 2.05) is 0 Å². The van der Waals surface area contributed by atoms with Gasteiger partial charge in [-0.15, -0.1) is 0 Å². The molecular weight excluding hydrogens is 277 g/mol. The summed E-state index contributed by atoms with van der Waals surface area (Å²) in [5.74, 6) is -2.21. The Hall–Kier alpha value is -1.93. The molecule has 0 atom stereocenters. The topological polar surface area (TPSA) is 59.4 Å². The number of nitrogens with zero attached hydrogens (tertiary/aromatic N) is 1. The highest BCUT2D eigenvalue weighted by atomic mass is 19.4. The van der Waals surface area contributed by atoms with Gasteiger partial charge in [0.05, 0.1) is 19.1 Å². The van der Waals surface area contributed by atoms with Crippen LogP contribution in [0.3, 0.4) is 0 Å². The molecule has 1 aromatic heterocycles. The zero-order valence-corrected chi connectivity index (χ0v) is 9.46. The molecule has 0 aliphatic carbocycles. The first-order valence-corrected chi connectivity index (χ1v) is 4.81. The Kier molecular flexibility index (Phi) is 4.28. The van der Waals surface area contributed by atoms with Crippen molar-refractivity contribution in [2.75, 3.05) is 7.11 Å². The maximum absolute atomic E-state index is 12.8. The highest BCUT2D eigenvalue weighted by Gasteiger charge is 2.40. The van der Waals surface area contributed by atoms with Gasteiger partial charge >= 0.3 is 12.1 Å². The summed E-state index contributed by atoms with van der Waals surface area (Å²) in [5.41, 5.74) is -3.58. The van der Waals surface area contributed by atoms with Gasteiger partial charge in [-0.1, -0.05) is 0 Å². The van der Waals surface area contributed by atoms with Crippen LogP contribution in [-0.2, 0) is 17.4 Å². The molecule has 0 fully saturated rings. The third kappa shape index (κ3) is 3.30. The molecule has 0 amide bonds. The van der Waals surface area contributed by atoms with E-state index in [1.165, 1.54) is 0 Å². The molecule has 0 aromatic carbocycles. The van der Waals surface area contributed by atoms with Gasteiger partial charge in [0.1, 0.15) is 5.75 Å². The van der Waals surface area contributed by atoms with E-state index in [9.17, 15) is 26.7 Å². The van der Waals surface area contributed by atoms with E-state index >= 15 is 0 Å². The van der Waals surface area contributed by atoms with E-state index in [-0.39, 0.29) is 5.56 Å². The Morgan fingerprint density at radius 1 is 1.47 bits per heavy atom. The summed E-state index contributed by atoms with van der Waals surface area (Å²) in [6, 6.07) is 0. The normalized spacial score (nSPS) is 11.7. The molecule has 19 heavy (non-hydrogen) atoms. The number of alkyl halides is 5. The first kappa shape index (κ1) is 15.1. The molecule has 9 heteroatoms. The fraction of sp³-hybridized carbons (Fsp3) is 0.400. The number of hydrogen-bond donors (Lipinski definition) is 1.